The smallest absolute Gasteiger partial charge is 0.406 e. The van der Waals surface area contributed by atoms with E-state index in [4.69, 9.17) is 0 Å². The highest BCUT2D eigenvalue weighted by Crippen LogP contribution is 2.23. The summed E-state index contributed by atoms with van der Waals surface area (Å²) >= 11 is 1.26. The Morgan fingerprint density at radius 1 is 1.28 bits per heavy atom. The van der Waals surface area contributed by atoms with Crippen LogP contribution in [0.15, 0.2) is 34.5 Å². The van der Waals surface area contributed by atoms with E-state index in [-0.39, 0.29) is 11.3 Å². The fourth-order valence-electron chi connectivity index (χ4n) is 1.67. The predicted octanol–water partition coefficient (Wildman–Crippen LogP) is 1.90. The number of hydrogen-bond donors (Lipinski definition) is 2. The monoisotopic (exact) mass is 395 g/mol. The second kappa shape index (κ2) is 7.37. The SMILES string of the molecule is Cc1csc(CC(=O)NNS(=O)(=O)c2ccc(OC(F)(F)F)cc2)n1. The van der Waals surface area contributed by atoms with Crippen molar-refractivity contribution in [2.24, 2.45) is 0 Å². The minimum atomic E-state index is -4.87. The predicted molar refractivity (Wildman–Crippen MR) is 82.1 cm³/mol. The van der Waals surface area contributed by atoms with Gasteiger partial charge in [0, 0.05) is 11.1 Å². The molecule has 1 aromatic carbocycles. The first kappa shape index (κ1) is 19.1. The van der Waals surface area contributed by atoms with Gasteiger partial charge in [-0.15, -0.1) is 29.3 Å². The number of aryl methyl sites for hydroxylation is 1. The fraction of sp³-hybridized carbons (Fsp3) is 0.231. The molecule has 25 heavy (non-hydrogen) atoms. The van der Waals surface area contributed by atoms with Crippen LogP contribution in [-0.4, -0.2) is 25.7 Å². The summed E-state index contributed by atoms with van der Waals surface area (Å²) in [5.41, 5.74) is 2.76. The Balaban J connectivity index is 1.95. The molecular weight excluding hydrogens is 383 g/mol. The third-order valence-electron chi connectivity index (χ3n) is 2.67. The van der Waals surface area contributed by atoms with E-state index >= 15 is 0 Å². The summed E-state index contributed by atoms with van der Waals surface area (Å²) in [6, 6.07) is 3.53. The van der Waals surface area contributed by atoms with E-state index in [1.54, 1.807) is 12.3 Å². The number of nitrogens with zero attached hydrogens (tertiary/aromatic N) is 1. The zero-order valence-electron chi connectivity index (χ0n) is 12.6. The Hall–Kier alpha value is -2.18. The van der Waals surface area contributed by atoms with Crippen LogP contribution < -0.4 is 15.0 Å². The number of hydrogen-bond acceptors (Lipinski definition) is 6. The Bertz CT molecular complexity index is 848. The lowest BCUT2D eigenvalue weighted by Crippen LogP contribution is -2.42. The summed E-state index contributed by atoms with van der Waals surface area (Å²) in [6.07, 6.45) is -4.99. The number of sulfonamides is 1. The average molecular weight is 395 g/mol. The average Bonchev–Trinajstić information content (AvgIpc) is 2.89. The van der Waals surface area contributed by atoms with Crippen LogP contribution in [0.3, 0.4) is 0 Å². The topological polar surface area (TPSA) is 97.4 Å². The molecule has 1 heterocycles. The molecule has 136 valence electrons. The molecule has 0 radical (unpaired) electrons. The normalized spacial score (nSPS) is 12.0. The van der Waals surface area contributed by atoms with Crippen molar-refractivity contribution in [3.05, 3.63) is 40.3 Å². The highest BCUT2D eigenvalue weighted by molar-refractivity contribution is 7.89. The van der Waals surface area contributed by atoms with Crippen molar-refractivity contribution in [3.8, 4) is 5.75 Å². The Morgan fingerprint density at radius 2 is 1.92 bits per heavy atom. The van der Waals surface area contributed by atoms with E-state index in [0.717, 1.165) is 30.0 Å². The van der Waals surface area contributed by atoms with Crippen LogP contribution in [0.5, 0.6) is 5.75 Å². The van der Waals surface area contributed by atoms with Crippen LogP contribution in [0.4, 0.5) is 13.2 Å². The van der Waals surface area contributed by atoms with E-state index in [0.29, 0.717) is 5.01 Å². The number of thiazole rings is 1. The van der Waals surface area contributed by atoms with Gasteiger partial charge < -0.3 is 4.74 Å². The molecule has 2 N–H and O–H groups in total. The quantitative estimate of drug-likeness (QED) is 0.728. The standard InChI is InChI=1S/C13H12F3N3O4S2/c1-8-7-24-12(17-8)6-11(20)18-19-25(21,22)10-4-2-9(3-5-10)23-13(14,15)16/h2-5,7,19H,6H2,1H3,(H,18,20). The van der Waals surface area contributed by atoms with Crippen molar-refractivity contribution in [1.29, 1.82) is 0 Å². The maximum atomic E-state index is 12.1. The van der Waals surface area contributed by atoms with Crippen molar-refractivity contribution in [2.45, 2.75) is 24.6 Å². The minimum Gasteiger partial charge on any atom is -0.406 e. The Labute approximate surface area is 144 Å². The number of nitrogens with one attached hydrogen (secondary N) is 2. The van der Waals surface area contributed by atoms with E-state index in [9.17, 15) is 26.4 Å². The van der Waals surface area contributed by atoms with Gasteiger partial charge in [0.2, 0.25) is 5.91 Å². The molecule has 0 aliphatic carbocycles. The summed E-state index contributed by atoms with van der Waals surface area (Å²) in [5, 5.41) is 2.26. The molecule has 0 aliphatic rings. The molecule has 0 aliphatic heterocycles. The third kappa shape index (κ3) is 5.99. The largest absolute Gasteiger partial charge is 0.573 e. The van der Waals surface area contributed by atoms with E-state index < -0.39 is 28.0 Å². The molecule has 0 atom stereocenters. The van der Waals surface area contributed by atoms with Crippen molar-refractivity contribution in [2.75, 3.05) is 0 Å². The van der Waals surface area contributed by atoms with Gasteiger partial charge in [-0.25, -0.2) is 13.4 Å². The second-order valence-electron chi connectivity index (χ2n) is 4.73. The molecule has 12 heteroatoms. The number of benzene rings is 1. The van der Waals surface area contributed by atoms with Crippen LogP contribution in [-0.2, 0) is 21.2 Å². The van der Waals surface area contributed by atoms with Crippen LogP contribution in [0.1, 0.15) is 10.7 Å². The van der Waals surface area contributed by atoms with Gasteiger partial charge in [-0.2, -0.15) is 0 Å². The number of aromatic nitrogens is 1. The zero-order chi connectivity index (χ0) is 18.7. The summed E-state index contributed by atoms with van der Waals surface area (Å²) in [5.74, 6) is -1.19. The summed E-state index contributed by atoms with van der Waals surface area (Å²) in [7, 11) is -4.14. The maximum Gasteiger partial charge on any atom is 0.573 e. The van der Waals surface area contributed by atoms with Gasteiger partial charge in [0.15, 0.2) is 0 Å². The van der Waals surface area contributed by atoms with Gasteiger partial charge in [-0.3, -0.25) is 10.2 Å². The number of rotatable bonds is 6. The number of carbonyl (C=O) groups is 1. The molecule has 1 amide bonds. The van der Waals surface area contributed by atoms with Gasteiger partial charge in [-0.1, -0.05) is 0 Å². The number of ether oxygens (including phenoxy) is 1. The van der Waals surface area contributed by atoms with Crippen molar-refractivity contribution in [3.63, 3.8) is 0 Å². The maximum absolute atomic E-state index is 12.1. The number of alkyl halides is 3. The Morgan fingerprint density at radius 3 is 2.44 bits per heavy atom. The molecular formula is C13H12F3N3O4S2. The highest BCUT2D eigenvalue weighted by Gasteiger charge is 2.31. The first-order valence-electron chi connectivity index (χ1n) is 6.63. The summed E-state index contributed by atoms with van der Waals surface area (Å²) < 4.78 is 63.8. The molecule has 0 saturated heterocycles. The van der Waals surface area contributed by atoms with Crippen LogP contribution in [0, 0.1) is 6.92 Å². The fourth-order valence-corrected chi connectivity index (χ4v) is 3.30. The van der Waals surface area contributed by atoms with E-state index in [2.05, 4.69) is 9.72 Å². The molecule has 2 rings (SSSR count). The van der Waals surface area contributed by atoms with E-state index in [1.807, 2.05) is 10.3 Å². The highest BCUT2D eigenvalue weighted by atomic mass is 32.2. The zero-order valence-corrected chi connectivity index (χ0v) is 14.3. The molecule has 0 fully saturated rings. The van der Waals surface area contributed by atoms with Crippen molar-refractivity contribution < 1.29 is 31.1 Å². The minimum absolute atomic E-state index is 0.112. The summed E-state index contributed by atoms with van der Waals surface area (Å²) in [4.78, 5) is 17.3. The van der Waals surface area contributed by atoms with Gasteiger partial charge >= 0.3 is 6.36 Å². The molecule has 1 aromatic heterocycles. The molecule has 0 saturated carbocycles. The van der Waals surface area contributed by atoms with Crippen LogP contribution in [0.25, 0.3) is 0 Å². The molecule has 2 aromatic rings. The summed E-state index contributed by atoms with van der Waals surface area (Å²) in [6.45, 7) is 1.76. The number of carbonyl (C=O) groups excluding carboxylic acids is 1. The van der Waals surface area contributed by atoms with Gasteiger partial charge in [-0.05, 0) is 31.2 Å². The van der Waals surface area contributed by atoms with Crippen molar-refractivity contribution in [1.82, 2.24) is 15.2 Å². The van der Waals surface area contributed by atoms with Gasteiger partial charge in [0.25, 0.3) is 10.0 Å². The first-order valence-corrected chi connectivity index (χ1v) is 8.99. The van der Waals surface area contributed by atoms with E-state index in [1.165, 1.54) is 11.3 Å². The lowest BCUT2D eigenvalue weighted by Gasteiger charge is -2.10. The number of amides is 1. The molecule has 0 spiro atoms. The Kier molecular flexibility index (Phi) is 5.65. The molecule has 7 nitrogen and oxygen atoms in total. The number of halogens is 3. The van der Waals surface area contributed by atoms with Crippen molar-refractivity contribution >= 4 is 27.3 Å². The first-order chi connectivity index (χ1) is 11.5. The van der Waals surface area contributed by atoms with Gasteiger partial charge in [0.05, 0.1) is 11.3 Å². The molecule has 0 unspecified atom stereocenters. The van der Waals surface area contributed by atoms with Gasteiger partial charge in [0.1, 0.15) is 10.8 Å². The van der Waals surface area contributed by atoms with Crippen LogP contribution >= 0.6 is 11.3 Å². The molecule has 0 bridgehead atoms. The van der Waals surface area contributed by atoms with Crippen LogP contribution in [0.2, 0.25) is 0 Å². The lowest BCUT2D eigenvalue weighted by atomic mass is 10.3. The number of hydrazine groups is 1. The second-order valence-corrected chi connectivity index (χ2v) is 7.36. The third-order valence-corrected chi connectivity index (χ3v) is 4.90. The lowest BCUT2D eigenvalue weighted by molar-refractivity contribution is -0.274.